The van der Waals surface area contributed by atoms with Crippen molar-refractivity contribution in [3.63, 3.8) is 0 Å². The molecule has 3 rings (SSSR count). The highest BCUT2D eigenvalue weighted by molar-refractivity contribution is 7.92. The third-order valence-corrected chi connectivity index (χ3v) is 5.29. The topological polar surface area (TPSA) is 78.5 Å². The summed E-state index contributed by atoms with van der Waals surface area (Å²) in [7, 11) is -3.31. The lowest BCUT2D eigenvalue weighted by molar-refractivity contribution is -0.116. The molecule has 0 bridgehead atoms. The second-order valence-electron chi connectivity index (χ2n) is 7.15. The van der Waals surface area contributed by atoms with Gasteiger partial charge in [-0.2, -0.15) is 0 Å². The molecule has 1 amide bonds. The molecule has 1 saturated heterocycles. The molecule has 2 aromatic carbocycles. The number of benzene rings is 2. The highest BCUT2D eigenvalue weighted by Gasteiger charge is 2.22. The van der Waals surface area contributed by atoms with Crippen molar-refractivity contribution < 1.29 is 17.6 Å². The monoisotopic (exact) mass is 417 g/mol. The predicted octanol–water partition coefficient (Wildman–Crippen LogP) is 2.85. The lowest BCUT2D eigenvalue weighted by Crippen LogP contribution is -2.29. The standard InChI is InChI=1S/C21H24FN3O3S/c1-29(27,28)24-19-7-2-16(3-8-19)4-11-21(26)23-14-17-12-13-25(15-17)20-9-5-18(22)6-10-20/h2-11,17,24H,12-15H2,1H3,(H,23,26). The molecular formula is C21H24FN3O3S. The SMILES string of the molecule is CS(=O)(=O)Nc1ccc(C=CC(=O)NCC2CCN(c3ccc(F)cc3)C2)cc1. The van der Waals surface area contributed by atoms with Crippen LogP contribution >= 0.6 is 0 Å². The van der Waals surface area contributed by atoms with Crippen LogP contribution < -0.4 is 14.9 Å². The van der Waals surface area contributed by atoms with Crippen molar-refractivity contribution in [1.82, 2.24) is 5.32 Å². The average Bonchev–Trinajstić information content (AvgIpc) is 3.14. The van der Waals surface area contributed by atoms with E-state index in [1.807, 2.05) is 0 Å². The summed E-state index contributed by atoms with van der Waals surface area (Å²) in [6, 6.07) is 13.2. The normalized spacial score (nSPS) is 16.9. The number of carbonyl (C=O) groups is 1. The molecule has 2 aromatic rings. The van der Waals surface area contributed by atoms with Crippen molar-refractivity contribution in [2.24, 2.45) is 5.92 Å². The number of hydrogen-bond acceptors (Lipinski definition) is 4. The van der Waals surface area contributed by atoms with E-state index in [1.165, 1.54) is 18.2 Å². The van der Waals surface area contributed by atoms with Gasteiger partial charge in [-0.25, -0.2) is 12.8 Å². The van der Waals surface area contributed by atoms with E-state index in [0.717, 1.165) is 37.0 Å². The van der Waals surface area contributed by atoms with Crippen LogP contribution in [0.4, 0.5) is 15.8 Å². The number of rotatable bonds is 7. The van der Waals surface area contributed by atoms with Crippen LogP contribution in [0.15, 0.2) is 54.6 Å². The number of amides is 1. The first-order chi connectivity index (χ1) is 13.8. The molecule has 1 aliphatic heterocycles. The van der Waals surface area contributed by atoms with Crippen LogP contribution in [0.2, 0.25) is 0 Å². The fourth-order valence-corrected chi connectivity index (χ4v) is 3.80. The van der Waals surface area contributed by atoms with Crippen molar-refractivity contribution in [3.8, 4) is 0 Å². The van der Waals surface area contributed by atoms with Crippen molar-refractivity contribution in [1.29, 1.82) is 0 Å². The minimum Gasteiger partial charge on any atom is -0.371 e. The van der Waals surface area contributed by atoms with Crippen LogP contribution in [0, 0.1) is 11.7 Å². The van der Waals surface area contributed by atoms with E-state index in [0.29, 0.717) is 18.2 Å². The van der Waals surface area contributed by atoms with Crippen LogP contribution in [0.5, 0.6) is 0 Å². The van der Waals surface area contributed by atoms with E-state index in [1.54, 1.807) is 42.5 Å². The molecule has 0 aliphatic carbocycles. The van der Waals surface area contributed by atoms with Crippen molar-refractivity contribution in [3.05, 3.63) is 66.0 Å². The van der Waals surface area contributed by atoms with Crippen LogP contribution in [0.25, 0.3) is 6.08 Å². The molecule has 1 unspecified atom stereocenters. The third kappa shape index (κ3) is 6.60. The van der Waals surface area contributed by atoms with Gasteiger partial charge < -0.3 is 10.2 Å². The van der Waals surface area contributed by atoms with Gasteiger partial charge in [0.05, 0.1) is 6.26 Å². The lowest BCUT2D eigenvalue weighted by Gasteiger charge is -2.18. The van der Waals surface area contributed by atoms with Gasteiger partial charge in [0.25, 0.3) is 0 Å². The molecule has 154 valence electrons. The summed E-state index contributed by atoms with van der Waals surface area (Å²) in [5, 5.41) is 2.91. The zero-order chi connectivity index (χ0) is 20.9. The smallest absolute Gasteiger partial charge is 0.244 e. The molecule has 1 fully saturated rings. The molecule has 1 atom stereocenters. The predicted molar refractivity (Wildman–Crippen MR) is 114 cm³/mol. The molecule has 2 N–H and O–H groups in total. The van der Waals surface area contributed by atoms with Gasteiger partial charge in [-0.3, -0.25) is 9.52 Å². The number of anilines is 2. The second-order valence-corrected chi connectivity index (χ2v) is 8.90. The maximum Gasteiger partial charge on any atom is 0.244 e. The van der Waals surface area contributed by atoms with Crippen LogP contribution in [-0.2, 0) is 14.8 Å². The summed E-state index contributed by atoms with van der Waals surface area (Å²) >= 11 is 0. The fourth-order valence-electron chi connectivity index (χ4n) is 3.24. The van der Waals surface area contributed by atoms with Gasteiger partial charge in [-0.1, -0.05) is 12.1 Å². The molecule has 1 heterocycles. The highest BCUT2D eigenvalue weighted by Crippen LogP contribution is 2.23. The molecule has 0 radical (unpaired) electrons. The van der Waals surface area contributed by atoms with Crippen molar-refractivity contribution in [2.45, 2.75) is 6.42 Å². The number of nitrogens with zero attached hydrogens (tertiary/aromatic N) is 1. The molecule has 0 aromatic heterocycles. The van der Waals surface area contributed by atoms with Gasteiger partial charge in [0.1, 0.15) is 5.82 Å². The molecule has 6 nitrogen and oxygen atoms in total. The van der Waals surface area contributed by atoms with E-state index in [-0.39, 0.29) is 11.7 Å². The number of carbonyl (C=O) groups excluding carboxylic acids is 1. The quantitative estimate of drug-likeness (QED) is 0.679. The Morgan fingerprint density at radius 3 is 2.52 bits per heavy atom. The van der Waals surface area contributed by atoms with Crippen LogP contribution in [0.1, 0.15) is 12.0 Å². The van der Waals surface area contributed by atoms with E-state index in [2.05, 4.69) is 14.9 Å². The van der Waals surface area contributed by atoms with Crippen LogP contribution in [-0.4, -0.2) is 40.2 Å². The Labute approximate surface area is 170 Å². The molecule has 0 saturated carbocycles. The second kappa shape index (κ2) is 9.09. The summed E-state index contributed by atoms with van der Waals surface area (Å²) in [5.74, 6) is -0.0767. The summed E-state index contributed by atoms with van der Waals surface area (Å²) in [6.45, 7) is 2.29. The van der Waals surface area contributed by atoms with Gasteiger partial charge in [-0.05, 0) is 60.4 Å². The Morgan fingerprint density at radius 2 is 1.86 bits per heavy atom. The van der Waals surface area contributed by atoms with Crippen molar-refractivity contribution >= 4 is 33.4 Å². The van der Waals surface area contributed by atoms with Gasteiger partial charge >= 0.3 is 0 Å². The number of sulfonamides is 1. The van der Waals surface area contributed by atoms with Crippen LogP contribution in [0.3, 0.4) is 0 Å². The van der Waals surface area contributed by atoms with E-state index < -0.39 is 10.0 Å². The average molecular weight is 418 g/mol. The zero-order valence-electron chi connectivity index (χ0n) is 16.1. The van der Waals surface area contributed by atoms with Crippen molar-refractivity contribution in [2.75, 3.05) is 35.5 Å². The van der Waals surface area contributed by atoms with Gasteiger partial charge in [0.2, 0.25) is 15.9 Å². The van der Waals surface area contributed by atoms with Gasteiger partial charge in [0.15, 0.2) is 0 Å². The van der Waals surface area contributed by atoms with Gasteiger partial charge in [-0.15, -0.1) is 0 Å². The maximum absolute atomic E-state index is 13.0. The number of hydrogen-bond donors (Lipinski definition) is 2. The molecular weight excluding hydrogens is 393 g/mol. The maximum atomic E-state index is 13.0. The Morgan fingerprint density at radius 1 is 1.17 bits per heavy atom. The van der Waals surface area contributed by atoms with E-state index >= 15 is 0 Å². The summed E-state index contributed by atoms with van der Waals surface area (Å²) in [5.41, 5.74) is 2.26. The first kappa shape index (κ1) is 20.9. The Bertz CT molecular complexity index is 973. The summed E-state index contributed by atoms with van der Waals surface area (Å²) in [4.78, 5) is 14.3. The fraction of sp³-hybridized carbons (Fsp3) is 0.286. The molecule has 29 heavy (non-hydrogen) atoms. The minimum absolute atomic E-state index is 0.177. The minimum atomic E-state index is -3.31. The first-order valence-electron chi connectivity index (χ1n) is 9.33. The summed E-state index contributed by atoms with van der Waals surface area (Å²) < 4.78 is 37.8. The number of halogens is 1. The van der Waals surface area contributed by atoms with E-state index in [4.69, 9.17) is 0 Å². The lowest BCUT2D eigenvalue weighted by atomic mass is 10.1. The largest absolute Gasteiger partial charge is 0.371 e. The first-order valence-corrected chi connectivity index (χ1v) is 11.2. The van der Waals surface area contributed by atoms with Gasteiger partial charge in [0, 0.05) is 37.1 Å². The molecule has 1 aliphatic rings. The molecule has 8 heteroatoms. The number of nitrogens with one attached hydrogen (secondary N) is 2. The Hall–Kier alpha value is -2.87. The Balaban J connectivity index is 1.44. The molecule has 0 spiro atoms. The Kier molecular flexibility index (Phi) is 6.53. The third-order valence-electron chi connectivity index (χ3n) is 4.68. The van der Waals surface area contributed by atoms with E-state index in [9.17, 15) is 17.6 Å². The summed E-state index contributed by atoms with van der Waals surface area (Å²) in [6.07, 6.45) is 5.20. The zero-order valence-corrected chi connectivity index (χ0v) is 17.0. The highest BCUT2D eigenvalue weighted by atomic mass is 32.2.